The second kappa shape index (κ2) is 6.09. The molecule has 2 heterocycles. The van der Waals surface area contributed by atoms with E-state index in [1.165, 1.54) is 10.6 Å². The molecule has 1 aliphatic heterocycles. The van der Waals surface area contributed by atoms with Gasteiger partial charge in [-0.2, -0.15) is 0 Å². The van der Waals surface area contributed by atoms with Gasteiger partial charge >= 0.3 is 5.97 Å². The Kier molecular flexibility index (Phi) is 4.44. The maximum absolute atomic E-state index is 12.2. The van der Waals surface area contributed by atoms with Crippen molar-refractivity contribution in [3.05, 3.63) is 24.0 Å². The Hall–Kier alpha value is -1.82. The summed E-state index contributed by atoms with van der Waals surface area (Å²) in [5.41, 5.74) is 0.154. The Morgan fingerprint density at radius 2 is 2.00 bits per heavy atom. The summed E-state index contributed by atoms with van der Waals surface area (Å²) in [6, 6.07) is 3.68. The minimum absolute atomic E-state index is 0.0130. The van der Waals surface area contributed by atoms with E-state index in [0.717, 1.165) is 25.9 Å². The number of aromatic carboxylic acids is 1. The monoisotopic (exact) mass is 279 g/mol. The van der Waals surface area contributed by atoms with Crippen molar-refractivity contribution >= 4 is 11.9 Å². The third-order valence-electron chi connectivity index (χ3n) is 3.90. The predicted octanol–water partition coefficient (Wildman–Crippen LogP) is 0.739. The second-order valence-corrected chi connectivity index (χ2v) is 5.40. The first-order chi connectivity index (χ1) is 9.49. The van der Waals surface area contributed by atoms with Crippen molar-refractivity contribution in [2.45, 2.75) is 25.4 Å². The molecule has 0 atom stereocenters. The van der Waals surface area contributed by atoms with Crippen LogP contribution in [0.1, 0.15) is 23.3 Å². The molecule has 20 heavy (non-hydrogen) atoms. The molecule has 0 aromatic carbocycles. The fourth-order valence-electron chi connectivity index (χ4n) is 2.62. The number of carbonyl (C=O) groups excluding carboxylic acids is 1. The van der Waals surface area contributed by atoms with Crippen LogP contribution in [-0.2, 0) is 11.3 Å². The zero-order valence-corrected chi connectivity index (χ0v) is 12.0. The average molecular weight is 279 g/mol. The Morgan fingerprint density at radius 3 is 2.55 bits per heavy atom. The molecule has 110 valence electrons. The lowest BCUT2D eigenvalue weighted by Gasteiger charge is -2.35. The van der Waals surface area contributed by atoms with E-state index in [-0.39, 0.29) is 18.1 Å². The van der Waals surface area contributed by atoms with E-state index in [0.29, 0.717) is 6.04 Å². The van der Waals surface area contributed by atoms with E-state index in [9.17, 15) is 9.59 Å². The zero-order valence-electron chi connectivity index (χ0n) is 12.0. The first-order valence-electron chi connectivity index (χ1n) is 6.81. The van der Waals surface area contributed by atoms with Crippen molar-refractivity contribution in [1.29, 1.82) is 0 Å². The van der Waals surface area contributed by atoms with E-state index in [4.69, 9.17) is 5.11 Å². The van der Waals surface area contributed by atoms with Crippen LogP contribution in [-0.4, -0.2) is 64.6 Å². The molecule has 0 bridgehead atoms. The summed E-state index contributed by atoms with van der Waals surface area (Å²) in [5, 5.41) is 9.02. The summed E-state index contributed by atoms with van der Waals surface area (Å²) < 4.78 is 1.49. The molecule has 1 saturated heterocycles. The highest BCUT2D eigenvalue weighted by atomic mass is 16.4. The zero-order chi connectivity index (χ0) is 14.7. The fourth-order valence-corrected chi connectivity index (χ4v) is 2.62. The number of likely N-dealkylation sites (tertiary alicyclic amines) is 1. The highest BCUT2D eigenvalue weighted by molar-refractivity contribution is 5.86. The van der Waals surface area contributed by atoms with Crippen molar-refractivity contribution in [3.63, 3.8) is 0 Å². The van der Waals surface area contributed by atoms with Crippen LogP contribution in [0.15, 0.2) is 18.3 Å². The standard InChI is InChI=1S/C14H21N3O3/c1-15(2)11-5-8-16(9-6-11)13(18)10-17-7-3-4-12(17)14(19)20/h3-4,7,11H,5-6,8-10H2,1-2H3,(H,19,20). The number of nitrogens with zero attached hydrogens (tertiary/aromatic N) is 3. The number of carboxylic acid groups (broad SMARTS) is 1. The molecule has 1 aromatic heterocycles. The largest absolute Gasteiger partial charge is 0.477 e. The highest BCUT2D eigenvalue weighted by Crippen LogP contribution is 2.15. The minimum Gasteiger partial charge on any atom is -0.477 e. The predicted molar refractivity (Wildman–Crippen MR) is 74.7 cm³/mol. The summed E-state index contributed by atoms with van der Waals surface area (Å²) in [6.07, 6.45) is 3.57. The highest BCUT2D eigenvalue weighted by Gasteiger charge is 2.24. The van der Waals surface area contributed by atoms with Gasteiger partial charge in [0.05, 0.1) is 0 Å². The topological polar surface area (TPSA) is 65.8 Å². The summed E-state index contributed by atoms with van der Waals surface area (Å²) in [6.45, 7) is 1.58. The molecular formula is C14H21N3O3. The van der Waals surface area contributed by atoms with Gasteiger partial charge in [0.2, 0.25) is 5.91 Å². The number of carbonyl (C=O) groups is 2. The molecule has 1 N–H and O–H groups in total. The van der Waals surface area contributed by atoms with Gasteiger partial charge in [0.15, 0.2) is 0 Å². The number of rotatable bonds is 4. The van der Waals surface area contributed by atoms with Gasteiger partial charge in [-0.3, -0.25) is 4.79 Å². The van der Waals surface area contributed by atoms with Crippen molar-refractivity contribution in [2.75, 3.05) is 27.2 Å². The maximum atomic E-state index is 12.2. The molecule has 0 aliphatic carbocycles. The second-order valence-electron chi connectivity index (χ2n) is 5.40. The van der Waals surface area contributed by atoms with E-state index in [1.54, 1.807) is 12.3 Å². The number of hydrogen-bond donors (Lipinski definition) is 1. The first-order valence-corrected chi connectivity index (χ1v) is 6.81. The van der Waals surface area contributed by atoms with Gasteiger partial charge in [-0.1, -0.05) is 0 Å². The molecule has 1 aliphatic rings. The Morgan fingerprint density at radius 1 is 1.35 bits per heavy atom. The smallest absolute Gasteiger partial charge is 0.352 e. The molecule has 0 radical (unpaired) electrons. The SMILES string of the molecule is CN(C)C1CCN(C(=O)Cn2cccc2C(=O)O)CC1. The van der Waals surface area contributed by atoms with Crippen LogP contribution in [0.25, 0.3) is 0 Å². The molecule has 1 amide bonds. The number of aromatic nitrogens is 1. The average Bonchev–Trinajstić information content (AvgIpc) is 2.87. The van der Waals surface area contributed by atoms with Crippen LogP contribution < -0.4 is 0 Å². The van der Waals surface area contributed by atoms with Gasteiger partial charge in [0, 0.05) is 25.3 Å². The first kappa shape index (κ1) is 14.6. The summed E-state index contributed by atoms with van der Waals surface area (Å²) in [5.74, 6) is -1.02. The molecule has 6 heteroatoms. The van der Waals surface area contributed by atoms with Gasteiger partial charge in [0.1, 0.15) is 12.2 Å². The van der Waals surface area contributed by atoms with Crippen LogP contribution in [0.4, 0.5) is 0 Å². The van der Waals surface area contributed by atoms with Crippen LogP contribution in [0.5, 0.6) is 0 Å². The summed E-state index contributed by atoms with van der Waals surface area (Å²) in [4.78, 5) is 27.2. The lowest BCUT2D eigenvalue weighted by molar-refractivity contribution is -0.133. The summed E-state index contributed by atoms with van der Waals surface area (Å²) in [7, 11) is 4.11. The third-order valence-corrected chi connectivity index (χ3v) is 3.90. The third kappa shape index (κ3) is 3.19. The molecule has 1 aromatic rings. The molecule has 6 nitrogen and oxygen atoms in total. The Bertz CT molecular complexity index is 488. The number of hydrogen-bond acceptors (Lipinski definition) is 3. The number of amides is 1. The van der Waals surface area contributed by atoms with Crippen molar-refractivity contribution < 1.29 is 14.7 Å². The number of carboxylic acids is 1. The molecular weight excluding hydrogens is 258 g/mol. The van der Waals surface area contributed by atoms with Gasteiger partial charge in [-0.25, -0.2) is 4.79 Å². The van der Waals surface area contributed by atoms with Crippen LogP contribution >= 0.6 is 0 Å². The Labute approximate surface area is 118 Å². The van der Waals surface area contributed by atoms with E-state index in [2.05, 4.69) is 19.0 Å². The molecule has 1 fully saturated rings. The maximum Gasteiger partial charge on any atom is 0.352 e. The van der Waals surface area contributed by atoms with Crippen LogP contribution in [0, 0.1) is 0 Å². The quantitative estimate of drug-likeness (QED) is 0.883. The van der Waals surface area contributed by atoms with Crippen molar-refractivity contribution in [3.8, 4) is 0 Å². The summed E-state index contributed by atoms with van der Waals surface area (Å²) >= 11 is 0. The van der Waals surface area contributed by atoms with Gasteiger partial charge in [0.25, 0.3) is 0 Å². The fraction of sp³-hybridized carbons (Fsp3) is 0.571. The van der Waals surface area contributed by atoms with E-state index >= 15 is 0 Å². The Balaban J connectivity index is 1.93. The van der Waals surface area contributed by atoms with Gasteiger partial charge in [-0.15, -0.1) is 0 Å². The molecule has 2 rings (SSSR count). The van der Waals surface area contributed by atoms with Crippen LogP contribution in [0.2, 0.25) is 0 Å². The van der Waals surface area contributed by atoms with E-state index < -0.39 is 5.97 Å². The number of piperidine rings is 1. The lowest BCUT2D eigenvalue weighted by Crippen LogP contribution is -2.45. The van der Waals surface area contributed by atoms with Crippen molar-refractivity contribution in [2.24, 2.45) is 0 Å². The van der Waals surface area contributed by atoms with Crippen molar-refractivity contribution in [1.82, 2.24) is 14.4 Å². The molecule has 0 unspecified atom stereocenters. The normalized spacial score (nSPS) is 16.6. The molecule has 0 saturated carbocycles. The minimum atomic E-state index is -1.01. The lowest BCUT2D eigenvalue weighted by atomic mass is 10.0. The van der Waals surface area contributed by atoms with E-state index in [1.807, 2.05) is 4.90 Å². The molecule has 0 spiro atoms. The van der Waals surface area contributed by atoms with Crippen LogP contribution in [0.3, 0.4) is 0 Å². The van der Waals surface area contributed by atoms with Gasteiger partial charge < -0.3 is 19.5 Å². The van der Waals surface area contributed by atoms with Gasteiger partial charge in [-0.05, 0) is 39.1 Å².